The van der Waals surface area contributed by atoms with Gasteiger partial charge in [0.1, 0.15) is 18.0 Å². The molecule has 21 heavy (non-hydrogen) atoms. The highest BCUT2D eigenvalue weighted by atomic mass is 16.1. The Morgan fingerprint density at radius 3 is 2.67 bits per heavy atom. The van der Waals surface area contributed by atoms with Gasteiger partial charge in [0.05, 0.1) is 5.56 Å². The van der Waals surface area contributed by atoms with Crippen LogP contribution in [0.1, 0.15) is 15.9 Å². The summed E-state index contributed by atoms with van der Waals surface area (Å²) >= 11 is 0. The molecule has 0 spiro atoms. The lowest BCUT2D eigenvalue weighted by Gasteiger charge is -2.01. The van der Waals surface area contributed by atoms with Crippen LogP contribution in [0.2, 0.25) is 0 Å². The Morgan fingerprint density at radius 2 is 1.95 bits per heavy atom. The van der Waals surface area contributed by atoms with Gasteiger partial charge in [0.25, 0.3) is 0 Å². The lowest BCUT2D eigenvalue weighted by molar-refractivity contribution is 0.112. The van der Waals surface area contributed by atoms with Crippen LogP contribution in [0.25, 0.3) is 17.1 Å². The van der Waals surface area contributed by atoms with Crippen molar-refractivity contribution < 1.29 is 4.79 Å². The van der Waals surface area contributed by atoms with Crippen LogP contribution in [0.3, 0.4) is 0 Å². The summed E-state index contributed by atoms with van der Waals surface area (Å²) in [5.74, 6) is 0.471. The Morgan fingerprint density at radius 1 is 1.14 bits per heavy atom. The zero-order valence-electron chi connectivity index (χ0n) is 10.8. The highest BCUT2D eigenvalue weighted by Crippen LogP contribution is 2.16. The molecule has 0 N–H and O–H groups in total. The van der Waals surface area contributed by atoms with Gasteiger partial charge in [0, 0.05) is 11.1 Å². The van der Waals surface area contributed by atoms with Crippen molar-refractivity contribution in [2.75, 3.05) is 0 Å². The van der Waals surface area contributed by atoms with E-state index in [-0.39, 0.29) is 0 Å². The third-order valence-electron chi connectivity index (χ3n) is 2.94. The van der Waals surface area contributed by atoms with E-state index < -0.39 is 0 Å². The smallest absolute Gasteiger partial charge is 0.205 e. The number of carbonyl (C=O) groups is 1. The van der Waals surface area contributed by atoms with E-state index >= 15 is 0 Å². The first-order valence-corrected chi connectivity index (χ1v) is 6.17. The molecule has 1 heterocycles. The van der Waals surface area contributed by atoms with Gasteiger partial charge in [-0.15, -0.1) is 15.0 Å². The molecule has 0 aliphatic carbocycles. The molecule has 6 heteroatoms. The van der Waals surface area contributed by atoms with Crippen molar-refractivity contribution in [2.45, 2.75) is 0 Å². The van der Waals surface area contributed by atoms with Gasteiger partial charge < -0.3 is 0 Å². The molecule has 2 aromatic carbocycles. The van der Waals surface area contributed by atoms with Crippen molar-refractivity contribution in [3.05, 3.63) is 59.7 Å². The number of tetrazole rings is 1. The summed E-state index contributed by atoms with van der Waals surface area (Å²) in [4.78, 5) is 12.0. The minimum Gasteiger partial charge on any atom is -0.298 e. The van der Waals surface area contributed by atoms with Crippen LogP contribution >= 0.6 is 0 Å². The second kappa shape index (κ2) is 5.35. The SMILES string of the molecule is N#Cc1cc(C=O)ccc1-n1nnc(-c2ccccc2)n1. The summed E-state index contributed by atoms with van der Waals surface area (Å²) < 4.78 is 0. The number of aromatic nitrogens is 4. The molecule has 3 aromatic rings. The standard InChI is InChI=1S/C15H9N5O/c16-9-13-8-11(10-21)6-7-14(13)20-18-15(17-19-20)12-4-2-1-3-5-12/h1-8,10H. The van der Waals surface area contributed by atoms with E-state index in [9.17, 15) is 4.79 Å². The second-order valence-corrected chi connectivity index (χ2v) is 4.27. The molecule has 0 atom stereocenters. The Labute approximate surface area is 120 Å². The van der Waals surface area contributed by atoms with E-state index in [4.69, 9.17) is 5.26 Å². The molecular weight excluding hydrogens is 266 g/mol. The maximum Gasteiger partial charge on any atom is 0.205 e. The first-order chi connectivity index (χ1) is 10.3. The summed E-state index contributed by atoms with van der Waals surface area (Å²) in [6, 6.07) is 16.2. The van der Waals surface area contributed by atoms with Gasteiger partial charge in [0.2, 0.25) is 5.82 Å². The van der Waals surface area contributed by atoms with Crippen molar-refractivity contribution in [1.29, 1.82) is 5.26 Å². The molecule has 0 amide bonds. The fourth-order valence-electron chi connectivity index (χ4n) is 1.91. The largest absolute Gasteiger partial charge is 0.298 e. The molecule has 3 rings (SSSR count). The molecule has 1 aromatic heterocycles. The number of hydrogen-bond acceptors (Lipinski definition) is 5. The van der Waals surface area contributed by atoms with Crippen molar-refractivity contribution in [2.24, 2.45) is 0 Å². The van der Waals surface area contributed by atoms with E-state index in [0.29, 0.717) is 28.9 Å². The molecule has 0 radical (unpaired) electrons. The van der Waals surface area contributed by atoms with Gasteiger partial charge in [-0.25, -0.2) is 0 Å². The number of carbonyl (C=O) groups excluding carboxylic acids is 1. The van der Waals surface area contributed by atoms with Crippen LogP contribution in [-0.4, -0.2) is 26.5 Å². The quantitative estimate of drug-likeness (QED) is 0.683. The average Bonchev–Trinajstić information content (AvgIpc) is 3.04. The zero-order valence-corrected chi connectivity index (χ0v) is 10.8. The van der Waals surface area contributed by atoms with Crippen LogP contribution in [0.5, 0.6) is 0 Å². The van der Waals surface area contributed by atoms with E-state index in [1.165, 1.54) is 10.9 Å². The Balaban J connectivity index is 2.05. The zero-order chi connectivity index (χ0) is 14.7. The highest BCUT2D eigenvalue weighted by Gasteiger charge is 2.11. The fraction of sp³-hybridized carbons (Fsp3) is 0. The normalized spacial score (nSPS) is 10.0. The lowest BCUT2D eigenvalue weighted by atomic mass is 10.1. The van der Waals surface area contributed by atoms with Crippen LogP contribution in [0.15, 0.2) is 48.5 Å². The Kier molecular flexibility index (Phi) is 3.23. The number of benzene rings is 2. The van der Waals surface area contributed by atoms with Gasteiger partial charge in [-0.2, -0.15) is 5.26 Å². The summed E-state index contributed by atoms with van der Waals surface area (Å²) in [7, 11) is 0. The summed E-state index contributed by atoms with van der Waals surface area (Å²) in [6.07, 6.45) is 0.689. The number of nitriles is 1. The number of aldehydes is 1. The van der Waals surface area contributed by atoms with Crippen molar-refractivity contribution in [3.63, 3.8) is 0 Å². The van der Waals surface area contributed by atoms with Crippen LogP contribution in [0.4, 0.5) is 0 Å². The third kappa shape index (κ3) is 2.40. The maximum absolute atomic E-state index is 10.8. The summed E-state index contributed by atoms with van der Waals surface area (Å²) in [5, 5.41) is 21.4. The average molecular weight is 275 g/mol. The molecule has 0 aliphatic heterocycles. The predicted octanol–water partition coefficient (Wildman–Crippen LogP) is 2.01. The van der Waals surface area contributed by atoms with Gasteiger partial charge in [-0.05, 0) is 23.4 Å². The van der Waals surface area contributed by atoms with E-state index in [0.717, 1.165) is 5.56 Å². The second-order valence-electron chi connectivity index (χ2n) is 4.27. The van der Waals surface area contributed by atoms with Crippen LogP contribution in [-0.2, 0) is 0 Å². The number of nitrogens with zero attached hydrogens (tertiary/aromatic N) is 5. The summed E-state index contributed by atoms with van der Waals surface area (Å²) in [6.45, 7) is 0. The monoisotopic (exact) mass is 275 g/mol. The molecule has 0 aliphatic rings. The van der Waals surface area contributed by atoms with E-state index in [2.05, 4.69) is 15.4 Å². The van der Waals surface area contributed by atoms with Crippen molar-refractivity contribution in [3.8, 4) is 23.1 Å². The van der Waals surface area contributed by atoms with E-state index in [1.807, 2.05) is 36.4 Å². The highest BCUT2D eigenvalue weighted by molar-refractivity contribution is 5.76. The molecule has 0 fully saturated rings. The maximum atomic E-state index is 10.8. The molecule has 100 valence electrons. The first kappa shape index (κ1) is 12.7. The topological polar surface area (TPSA) is 84.5 Å². The minimum atomic E-state index is 0.316. The molecule has 6 nitrogen and oxygen atoms in total. The van der Waals surface area contributed by atoms with Gasteiger partial charge in [-0.3, -0.25) is 4.79 Å². The van der Waals surface area contributed by atoms with Crippen molar-refractivity contribution >= 4 is 6.29 Å². The van der Waals surface area contributed by atoms with Crippen molar-refractivity contribution in [1.82, 2.24) is 20.2 Å². The Hall–Kier alpha value is -3.33. The fourth-order valence-corrected chi connectivity index (χ4v) is 1.91. The van der Waals surface area contributed by atoms with Crippen LogP contribution < -0.4 is 0 Å². The first-order valence-electron chi connectivity index (χ1n) is 6.17. The predicted molar refractivity (Wildman–Crippen MR) is 74.7 cm³/mol. The molecule has 0 bridgehead atoms. The Bertz CT molecular complexity index is 833. The molecule has 0 saturated heterocycles. The van der Waals surface area contributed by atoms with Gasteiger partial charge >= 0.3 is 0 Å². The summed E-state index contributed by atoms with van der Waals surface area (Å²) in [5.41, 5.74) is 2.07. The van der Waals surface area contributed by atoms with Gasteiger partial charge in [-0.1, -0.05) is 30.3 Å². The van der Waals surface area contributed by atoms with Crippen LogP contribution in [0, 0.1) is 11.3 Å². The van der Waals surface area contributed by atoms with Gasteiger partial charge in [0.15, 0.2) is 0 Å². The third-order valence-corrected chi connectivity index (χ3v) is 2.94. The van der Waals surface area contributed by atoms with E-state index in [1.54, 1.807) is 12.1 Å². The molecule has 0 unspecified atom stereocenters. The minimum absolute atomic E-state index is 0.316. The molecule has 0 saturated carbocycles. The molecular formula is C15H9N5O. The number of hydrogen-bond donors (Lipinski definition) is 0. The number of rotatable bonds is 3. The lowest BCUT2D eigenvalue weighted by Crippen LogP contribution is -2.02.